The Morgan fingerprint density at radius 3 is 2.51 bits per heavy atom. The maximum atomic E-state index is 12.7. The number of anilines is 1. The van der Waals surface area contributed by atoms with Gasteiger partial charge in [-0.3, -0.25) is 0 Å². The summed E-state index contributed by atoms with van der Waals surface area (Å²) in [6.07, 6.45) is 2.73. The SMILES string of the molecule is CC(CCO)S(=O)(=O)c1ccc(-c2cnc(N)c(-c3cc(-c4ccc(CN[C@@H]5CCOC5)cc4)no3)n2)cc1. The molecule has 0 spiro atoms. The van der Waals surface area contributed by atoms with E-state index in [1.54, 1.807) is 25.1 Å². The van der Waals surface area contributed by atoms with Crippen LogP contribution in [0, 0.1) is 0 Å². The molecule has 4 N–H and O–H groups in total. The third-order valence-electron chi connectivity index (χ3n) is 6.86. The summed E-state index contributed by atoms with van der Waals surface area (Å²) in [6, 6.07) is 16.7. The van der Waals surface area contributed by atoms with Gasteiger partial charge < -0.3 is 25.4 Å². The largest absolute Gasteiger partial charge is 0.396 e. The molecule has 4 aromatic rings. The average molecular weight is 550 g/mol. The first kappa shape index (κ1) is 26.9. The summed E-state index contributed by atoms with van der Waals surface area (Å²) in [5.41, 5.74) is 10.4. The van der Waals surface area contributed by atoms with E-state index >= 15 is 0 Å². The van der Waals surface area contributed by atoms with Crippen LogP contribution < -0.4 is 11.1 Å². The number of nitrogens with zero attached hydrogens (tertiary/aromatic N) is 3. The molecule has 10 nitrogen and oxygen atoms in total. The lowest BCUT2D eigenvalue weighted by molar-refractivity contribution is 0.190. The number of nitrogen functional groups attached to an aromatic ring is 1. The number of hydrogen-bond acceptors (Lipinski definition) is 10. The minimum absolute atomic E-state index is 0.174. The fraction of sp³-hybridized carbons (Fsp3) is 0.321. The molecular weight excluding hydrogens is 518 g/mol. The molecule has 2 aromatic carbocycles. The summed E-state index contributed by atoms with van der Waals surface area (Å²) in [5, 5.41) is 16.1. The highest BCUT2D eigenvalue weighted by atomic mass is 32.2. The van der Waals surface area contributed by atoms with Crippen molar-refractivity contribution in [2.45, 2.75) is 42.5 Å². The lowest BCUT2D eigenvalue weighted by atomic mass is 10.1. The monoisotopic (exact) mass is 549 g/mol. The smallest absolute Gasteiger partial charge is 0.189 e. The zero-order chi connectivity index (χ0) is 27.4. The molecule has 2 aromatic heterocycles. The second-order valence-corrected chi connectivity index (χ2v) is 12.0. The first-order chi connectivity index (χ1) is 18.8. The minimum Gasteiger partial charge on any atom is -0.396 e. The Labute approximate surface area is 227 Å². The highest BCUT2D eigenvalue weighted by Gasteiger charge is 2.23. The van der Waals surface area contributed by atoms with Gasteiger partial charge in [0.05, 0.1) is 28.6 Å². The van der Waals surface area contributed by atoms with E-state index in [1.807, 2.05) is 12.1 Å². The van der Waals surface area contributed by atoms with Crippen LogP contribution in [0.25, 0.3) is 34.0 Å². The summed E-state index contributed by atoms with van der Waals surface area (Å²) in [5.74, 6) is 0.566. The molecule has 0 aliphatic carbocycles. The maximum Gasteiger partial charge on any atom is 0.189 e. The third kappa shape index (κ3) is 6.01. The molecule has 2 atom stereocenters. The Kier molecular flexibility index (Phi) is 8.03. The number of benzene rings is 2. The number of aliphatic hydroxyl groups is 1. The summed E-state index contributed by atoms with van der Waals surface area (Å²) >= 11 is 0. The second-order valence-electron chi connectivity index (χ2n) is 9.60. The molecule has 3 heterocycles. The minimum atomic E-state index is -3.54. The van der Waals surface area contributed by atoms with E-state index in [2.05, 4.69) is 32.6 Å². The van der Waals surface area contributed by atoms with E-state index in [0.29, 0.717) is 34.4 Å². The van der Waals surface area contributed by atoms with Crippen LogP contribution in [-0.2, 0) is 21.1 Å². The number of sulfone groups is 1. The summed E-state index contributed by atoms with van der Waals surface area (Å²) in [6.45, 7) is 3.73. The molecule has 0 radical (unpaired) electrons. The molecule has 0 bridgehead atoms. The Morgan fingerprint density at radius 1 is 1.10 bits per heavy atom. The fourth-order valence-corrected chi connectivity index (χ4v) is 5.77. The number of rotatable bonds is 10. The number of ether oxygens (including phenoxy) is 1. The van der Waals surface area contributed by atoms with Gasteiger partial charge in [0.15, 0.2) is 27.1 Å². The molecule has 1 fully saturated rings. The number of aliphatic hydroxyl groups excluding tert-OH is 1. The van der Waals surface area contributed by atoms with Crippen molar-refractivity contribution < 1.29 is 22.8 Å². The number of nitrogens with two attached hydrogens (primary N) is 1. The van der Waals surface area contributed by atoms with Crippen molar-refractivity contribution >= 4 is 15.7 Å². The van der Waals surface area contributed by atoms with Crippen molar-refractivity contribution in [2.24, 2.45) is 0 Å². The molecule has 0 saturated carbocycles. The lowest BCUT2D eigenvalue weighted by Crippen LogP contribution is -2.28. The van der Waals surface area contributed by atoms with Gasteiger partial charge in [-0.1, -0.05) is 41.6 Å². The fourth-order valence-electron chi connectivity index (χ4n) is 4.38. The van der Waals surface area contributed by atoms with Gasteiger partial charge in [0.1, 0.15) is 5.69 Å². The summed E-state index contributed by atoms with van der Waals surface area (Å²) in [7, 11) is -3.54. The molecule has 39 heavy (non-hydrogen) atoms. The quantitative estimate of drug-likeness (QED) is 0.268. The van der Waals surface area contributed by atoms with Gasteiger partial charge in [0.25, 0.3) is 0 Å². The average Bonchev–Trinajstić information content (AvgIpc) is 3.66. The third-order valence-corrected chi connectivity index (χ3v) is 9.09. The molecule has 1 aliphatic rings. The van der Waals surface area contributed by atoms with Crippen molar-refractivity contribution in [3.63, 3.8) is 0 Å². The van der Waals surface area contributed by atoms with Crippen LogP contribution in [0.5, 0.6) is 0 Å². The predicted molar refractivity (Wildman–Crippen MR) is 147 cm³/mol. The van der Waals surface area contributed by atoms with Gasteiger partial charge >= 0.3 is 0 Å². The van der Waals surface area contributed by atoms with Crippen LogP contribution in [0.3, 0.4) is 0 Å². The van der Waals surface area contributed by atoms with Gasteiger partial charge in [0, 0.05) is 43.0 Å². The Balaban J connectivity index is 1.32. The van der Waals surface area contributed by atoms with Crippen LogP contribution in [0.1, 0.15) is 25.3 Å². The zero-order valence-electron chi connectivity index (χ0n) is 21.6. The number of hydrogen-bond donors (Lipinski definition) is 3. The van der Waals surface area contributed by atoms with Gasteiger partial charge in [-0.05, 0) is 37.5 Å². The Bertz CT molecular complexity index is 1510. The molecule has 204 valence electrons. The van der Waals surface area contributed by atoms with Crippen molar-refractivity contribution in [2.75, 3.05) is 25.6 Å². The van der Waals surface area contributed by atoms with Gasteiger partial charge in [0.2, 0.25) is 0 Å². The van der Waals surface area contributed by atoms with E-state index < -0.39 is 15.1 Å². The van der Waals surface area contributed by atoms with E-state index in [0.717, 1.165) is 31.7 Å². The summed E-state index contributed by atoms with van der Waals surface area (Å²) in [4.78, 5) is 9.08. The van der Waals surface area contributed by atoms with Crippen molar-refractivity contribution in [1.29, 1.82) is 0 Å². The topological polar surface area (TPSA) is 153 Å². The molecule has 1 aliphatic heterocycles. The molecule has 11 heteroatoms. The number of nitrogens with one attached hydrogen (secondary N) is 1. The van der Waals surface area contributed by atoms with Gasteiger partial charge in [-0.2, -0.15) is 0 Å². The molecule has 1 unspecified atom stereocenters. The van der Waals surface area contributed by atoms with E-state index in [-0.39, 0.29) is 23.7 Å². The highest BCUT2D eigenvalue weighted by Crippen LogP contribution is 2.30. The Morgan fingerprint density at radius 2 is 1.82 bits per heavy atom. The van der Waals surface area contributed by atoms with Crippen LogP contribution in [0.2, 0.25) is 0 Å². The maximum absolute atomic E-state index is 12.7. The second kappa shape index (κ2) is 11.6. The molecular formula is C28H31N5O5S. The molecule has 0 amide bonds. The van der Waals surface area contributed by atoms with E-state index in [4.69, 9.17) is 20.1 Å². The van der Waals surface area contributed by atoms with Gasteiger partial charge in [-0.25, -0.2) is 18.4 Å². The first-order valence-electron chi connectivity index (χ1n) is 12.8. The first-order valence-corrected chi connectivity index (χ1v) is 14.3. The van der Waals surface area contributed by atoms with Crippen molar-refractivity contribution in [3.8, 4) is 34.0 Å². The van der Waals surface area contributed by atoms with Crippen molar-refractivity contribution in [3.05, 3.63) is 66.4 Å². The lowest BCUT2D eigenvalue weighted by Gasteiger charge is -2.12. The Hall–Kier alpha value is -3.64. The van der Waals surface area contributed by atoms with Crippen LogP contribution in [0.15, 0.2) is 70.2 Å². The predicted octanol–water partition coefficient (Wildman–Crippen LogP) is 3.47. The van der Waals surface area contributed by atoms with E-state index in [1.165, 1.54) is 23.9 Å². The van der Waals surface area contributed by atoms with Crippen LogP contribution >= 0.6 is 0 Å². The standard InChI is InChI=1S/C28H31N5O5S/c1-18(10-12-34)39(35,36)23-8-6-21(7-9-23)25-16-31-28(29)27(32-25)26-14-24(33-38-26)20-4-2-19(3-5-20)15-30-22-11-13-37-17-22/h2-9,14,16,18,22,30,34H,10-13,15,17H2,1H3,(H2,29,31)/t18?,22-/m1/s1. The van der Waals surface area contributed by atoms with Gasteiger partial charge in [-0.15, -0.1) is 0 Å². The molecule has 1 saturated heterocycles. The number of aromatic nitrogens is 3. The summed E-state index contributed by atoms with van der Waals surface area (Å²) < 4.78 is 36.4. The molecule has 5 rings (SSSR count). The zero-order valence-corrected chi connectivity index (χ0v) is 22.4. The highest BCUT2D eigenvalue weighted by molar-refractivity contribution is 7.92. The van der Waals surface area contributed by atoms with E-state index in [9.17, 15) is 8.42 Å². The van der Waals surface area contributed by atoms with Crippen LogP contribution in [-0.4, -0.2) is 59.8 Å². The van der Waals surface area contributed by atoms with Crippen molar-refractivity contribution in [1.82, 2.24) is 20.4 Å². The van der Waals surface area contributed by atoms with Crippen LogP contribution in [0.4, 0.5) is 5.82 Å². The normalized spacial score (nSPS) is 16.4.